The van der Waals surface area contributed by atoms with E-state index in [1.807, 2.05) is 19.9 Å². The molecule has 1 aliphatic rings. The summed E-state index contributed by atoms with van der Waals surface area (Å²) in [6.45, 7) is 5.26. The van der Waals surface area contributed by atoms with Crippen molar-refractivity contribution in [1.82, 2.24) is 19.9 Å². The Morgan fingerprint density at radius 1 is 1.29 bits per heavy atom. The second-order valence-corrected chi connectivity index (χ2v) is 6.34. The van der Waals surface area contributed by atoms with Crippen molar-refractivity contribution < 1.29 is 8.78 Å². The highest BCUT2D eigenvalue weighted by atomic mass is 19.3. The highest BCUT2D eigenvalue weighted by Crippen LogP contribution is 2.26. The zero-order valence-electron chi connectivity index (χ0n) is 14.1. The Morgan fingerprint density at radius 2 is 2.08 bits per heavy atom. The maximum Gasteiger partial charge on any atom is 0.255 e. The molecule has 0 spiro atoms. The van der Waals surface area contributed by atoms with Gasteiger partial charge in [-0.3, -0.25) is 0 Å². The molecule has 24 heavy (non-hydrogen) atoms. The third-order valence-corrected chi connectivity index (χ3v) is 4.14. The number of nitrogens with zero attached hydrogens (tertiary/aromatic N) is 4. The summed E-state index contributed by atoms with van der Waals surface area (Å²) in [5.74, 6) is 0.830. The molecule has 0 bridgehead atoms. The summed E-state index contributed by atoms with van der Waals surface area (Å²) in [6, 6.07) is 2.15. The molecule has 130 valence electrons. The van der Waals surface area contributed by atoms with Gasteiger partial charge in [-0.1, -0.05) is 0 Å². The number of fused-ring (bicyclic) bond motifs is 1. The number of hydrogen-bond acceptors (Lipinski definition) is 6. The van der Waals surface area contributed by atoms with Gasteiger partial charge in [0.15, 0.2) is 5.65 Å². The van der Waals surface area contributed by atoms with Crippen molar-refractivity contribution in [3.8, 4) is 0 Å². The molecule has 1 aliphatic heterocycles. The summed E-state index contributed by atoms with van der Waals surface area (Å²) in [5.41, 5.74) is 2.28. The predicted molar refractivity (Wildman–Crippen MR) is 90.8 cm³/mol. The van der Waals surface area contributed by atoms with E-state index in [2.05, 4.69) is 37.5 Å². The second kappa shape index (κ2) is 6.80. The zero-order valence-corrected chi connectivity index (χ0v) is 14.1. The van der Waals surface area contributed by atoms with Crippen molar-refractivity contribution in [3.63, 3.8) is 0 Å². The number of rotatable bonds is 5. The minimum Gasteiger partial charge on any atom is -0.364 e. The van der Waals surface area contributed by atoms with Gasteiger partial charge < -0.3 is 15.5 Å². The SMILES string of the molecule is Cc1cc(C)c2c(NCC(F)F)nc(N[C@@H]3CCN(C)C3)nc2n1. The Hall–Kier alpha value is -2.09. The van der Waals surface area contributed by atoms with Gasteiger partial charge in [0.2, 0.25) is 5.95 Å². The van der Waals surface area contributed by atoms with Crippen molar-refractivity contribution in [2.24, 2.45) is 0 Å². The maximum atomic E-state index is 12.6. The van der Waals surface area contributed by atoms with Gasteiger partial charge in [0.1, 0.15) is 5.82 Å². The van der Waals surface area contributed by atoms with Gasteiger partial charge in [-0.25, -0.2) is 13.8 Å². The summed E-state index contributed by atoms with van der Waals surface area (Å²) in [4.78, 5) is 15.6. The number of anilines is 2. The molecule has 1 fully saturated rings. The molecule has 0 unspecified atom stereocenters. The van der Waals surface area contributed by atoms with Gasteiger partial charge in [0.25, 0.3) is 6.43 Å². The number of nitrogens with one attached hydrogen (secondary N) is 2. The van der Waals surface area contributed by atoms with Crippen molar-refractivity contribution in [2.75, 3.05) is 37.3 Å². The first-order valence-corrected chi connectivity index (χ1v) is 8.05. The molecule has 0 aliphatic carbocycles. The van der Waals surface area contributed by atoms with Crippen molar-refractivity contribution >= 4 is 22.8 Å². The Bertz CT molecular complexity index is 736. The molecule has 6 nitrogen and oxygen atoms in total. The average molecular weight is 336 g/mol. The minimum atomic E-state index is -2.45. The van der Waals surface area contributed by atoms with Crippen LogP contribution >= 0.6 is 0 Å². The molecule has 8 heteroatoms. The lowest BCUT2D eigenvalue weighted by Gasteiger charge is -2.16. The largest absolute Gasteiger partial charge is 0.364 e. The number of likely N-dealkylation sites (tertiary alicyclic amines) is 1. The van der Waals surface area contributed by atoms with E-state index in [1.54, 1.807) is 0 Å². The van der Waals surface area contributed by atoms with Crippen LogP contribution < -0.4 is 10.6 Å². The molecule has 0 amide bonds. The number of hydrogen-bond donors (Lipinski definition) is 2. The third-order valence-electron chi connectivity index (χ3n) is 4.14. The van der Waals surface area contributed by atoms with Crippen LogP contribution in [0.15, 0.2) is 6.07 Å². The fraction of sp³-hybridized carbons (Fsp3) is 0.562. The van der Waals surface area contributed by atoms with E-state index in [0.29, 0.717) is 22.8 Å². The number of halogens is 2. The predicted octanol–water partition coefficient (Wildman–Crippen LogP) is 2.43. The molecule has 0 radical (unpaired) electrons. The molecule has 2 aromatic heterocycles. The van der Waals surface area contributed by atoms with E-state index in [0.717, 1.165) is 30.8 Å². The number of aromatic nitrogens is 3. The molecule has 2 aromatic rings. The average Bonchev–Trinajstić information content (AvgIpc) is 2.89. The van der Waals surface area contributed by atoms with Gasteiger partial charge in [0, 0.05) is 18.3 Å². The van der Waals surface area contributed by atoms with E-state index in [4.69, 9.17) is 0 Å². The van der Waals surface area contributed by atoms with Gasteiger partial charge in [-0.05, 0) is 45.5 Å². The smallest absolute Gasteiger partial charge is 0.255 e. The molecule has 0 aromatic carbocycles. The molecule has 3 rings (SSSR count). The van der Waals surface area contributed by atoms with Crippen LogP contribution in [0.3, 0.4) is 0 Å². The van der Waals surface area contributed by atoms with E-state index in [-0.39, 0.29) is 6.04 Å². The first kappa shape index (κ1) is 16.8. The van der Waals surface area contributed by atoms with Crippen LogP contribution in [0.2, 0.25) is 0 Å². The molecule has 3 heterocycles. The first-order valence-electron chi connectivity index (χ1n) is 8.05. The maximum absolute atomic E-state index is 12.6. The van der Waals surface area contributed by atoms with E-state index >= 15 is 0 Å². The van der Waals surface area contributed by atoms with Crippen molar-refractivity contribution in [1.29, 1.82) is 0 Å². The van der Waals surface area contributed by atoms with Crippen LogP contribution in [0.25, 0.3) is 11.0 Å². The van der Waals surface area contributed by atoms with Crippen LogP contribution in [-0.2, 0) is 0 Å². The Kier molecular flexibility index (Phi) is 4.75. The third kappa shape index (κ3) is 3.69. The molecule has 2 N–H and O–H groups in total. The van der Waals surface area contributed by atoms with Crippen molar-refractivity contribution in [2.45, 2.75) is 32.7 Å². The molecular weight excluding hydrogens is 314 g/mol. The lowest BCUT2D eigenvalue weighted by molar-refractivity contribution is 0.163. The standard InChI is InChI=1S/C16H22F2N6/c1-9-6-10(2)20-15-13(9)14(19-7-12(17)18)22-16(23-15)21-11-4-5-24(3)8-11/h6,11-12H,4-5,7-8H2,1-3H3,(H2,19,20,21,22,23)/t11-/m1/s1. The summed E-state index contributed by atoms with van der Waals surface area (Å²) < 4.78 is 25.2. The monoisotopic (exact) mass is 336 g/mol. The lowest BCUT2D eigenvalue weighted by atomic mass is 10.1. The van der Waals surface area contributed by atoms with Gasteiger partial charge >= 0.3 is 0 Å². The summed E-state index contributed by atoms with van der Waals surface area (Å²) in [6.07, 6.45) is -1.45. The van der Waals surface area contributed by atoms with E-state index < -0.39 is 13.0 Å². The first-order chi connectivity index (χ1) is 11.4. The van der Waals surface area contributed by atoms with E-state index in [1.165, 1.54) is 0 Å². The highest BCUT2D eigenvalue weighted by molar-refractivity contribution is 5.90. The molecule has 1 saturated heterocycles. The van der Waals surface area contributed by atoms with Crippen LogP contribution in [0.1, 0.15) is 17.7 Å². The number of pyridine rings is 1. The Balaban J connectivity index is 1.97. The number of likely N-dealkylation sites (N-methyl/N-ethyl adjacent to an activating group) is 1. The fourth-order valence-electron chi connectivity index (χ4n) is 3.08. The highest BCUT2D eigenvalue weighted by Gasteiger charge is 2.21. The summed E-state index contributed by atoms with van der Waals surface area (Å²) in [5, 5.41) is 6.72. The Labute approximate surface area is 139 Å². The Morgan fingerprint density at radius 3 is 2.75 bits per heavy atom. The van der Waals surface area contributed by atoms with Crippen LogP contribution in [0, 0.1) is 13.8 Å². The minimum absolute atomic E-state index is 0.251. The quantitative estimate of drug-likeness (QED) is 0.874. The summed E-state index contributed by atoms with van der Waals surface area (Å²) in [7, 11) is 2.06. The van der Waals surface area contributed by atoms with Crippen LogP contribution in [-0.4, -0.2) is 59.0 Å². The van der Waals surface area contributed by atoms with Gasteiger partial charge in [0.05, 0.1) is 11.9 Å². The van der Waals surface area contributed by atoms with E-state index in [9.17, 15) is 8.78 Å². The normalized spacial score (nSPS) is 18.5. The van der Waals surface area contributed by atoms with Crippen LogP contribution in [0.4, 0.5) is 20.5 Å². The topological polar surface area (TPSA) is 66.0 Å². The fourth-order valence-corrected chi connectivity index (χ4v) is 3.08. The van der Waals surface area contributed by atoms with Crippen LogP contribution in [0.5, 0.6) is 0 Å². The zero-order chi connectivity index (χ0) is 17.3. The lowest BCUT2D eigenvalue weighted by Crippen LogP contribution is -2.25. The molecule has 0 saturated carbocycles. The van der Waals surface area contributed by atoms with Gasteiger partial charge in [-0.2, -0.15) is 9.97 Å². The summed E-state index contributed by atoms with van der Waals surface area (Å²) >= 11 is 0. The number of alkyl halides is 2. The molecular formula is C16H22F2N6. The van der Waals surface area contributed by atoms with Gasteiger partial charge in [-0.15, -0.1) is 0 Å². The molecule has 1 atom stereocenters. The second-order valence-electron chi connectivity index (χ2n) is 6.34. The number of aryl methyl sites for hydroxylation is 2. The van der Waals surface area contributed by atoms with Crippen molar-refractivity contribution in [3.05, 3.63) is 17.3 Å².